The highest BCUT2D eigenvalue weighted by atomic mass is 19.1. The topological polar surface area (TPSA) is 65.5 Å². The zero-order chi connectivity index (χ0) is 20.1. The van der Waals surface area contributed by atoms with Gasteiger partial charge in [-0.25, -0.2) is 13.6 Å². The summed E-state index contributed by atoms with van der Waals surface area (Å²) in [6, 6.07) is 6.81. The van der Waals surface area contributed by atoms with Crippen molar-refractivity contribution in [3.8, 4) is 0 Å². The van der Waals surface area contributed by atoms with Gasteiger partial charge in [0.2, 0.25) is 5.91 Å². The maximum Gasteiger partial charge on any atom is 0.322 e. The summed E-state index contributed by atoms with van der Waals surface area (Å²) in [6.45, 7) is 0.672. The van der Waals surface area contributed by atoms with Crippen molar-refractivity contribution in [3.63, 3.8) is 0 Å². The average molecular weight is 396 g/mol. The molecule has 1 aromatic heterocycles. The highest BCUT2D eigenvalue weighted by Gasteiger charge is 2.42. The number of rotatable bonds is 3. The number of hydrogen-bond acceptors (Lipinski definition) is 3. The van der Waals surface area contributed by atoms with E-state index in [0.29, 0.717) is 17.8 Å². The first kappa shape index (κ1) is 17.8. The summed E-state index contributed by atoms with van der Waals surface area (Å²) in [5.74, 6) is -0.743. The number of aromatic nitrogens is 1. The van der Waals surface area contributed by atoms with Crippen LogP contribution in [0.15, 0.2) is 42.6 Å². The summed E-state index contributed by atoms with van der Waals surface area (Å²) in [5, 5.41) is 2.70. The van der Waals surface area contributed by atoms with Crippen molar-refractivity contribution in [1.29, 1.82) is 0 Å². The number of carbonyl (C=O) groups is 2. The molecule has 0 saturated carbocycles. The molecule has 8 heteroatoms. The predicted molar refractivity (Wildman–Crippen MR) is 102 cm³/mol. The Labute approximate surface area is 165 Å². The number of anilines is 1. The Kier molecular flexibility index (Phi) is 4.08. The highest BCUT2D eigenvalue weighted by Crippen LogP contribution is 2.41. The number of fused-ring (bicyclic) bond motifs is 3. The van der Waals surface area contributed by atoms with Crippen LogP contribution in [-0.2, 0) is 11.3 Å². The van der Waals surface area contributed by atoms with Crippen LogP contribution in [0.4, 0.5) is 19.3 Å². The Morgan fingerprint density at radius 2 is 2.03 bits per heavy atom. The molecule has 2 aromatic rings. The second kappa shape index (κ2) is 6.65. The van der Waals surface area contributed by atoms with E-state index in [4.69, 9.17) is 0 Å². The van der Waals surface area contributed by atoms with E-state index in [1.165, 1.54) is 35.4 Å². The Balaban J connectivity index is 1.28. The molecule has 1 aliphatic carbocycles. The molecule has 5 rings (SSSR count). The number of nitrogens with zero attached hydrogens (tertiary/aromatic N) is 3. The molecule has 0 unspecified atom stereocenters. The number of likely N-dealkylation sites (tertiary alicyclic amines) is 1. The van der Waals surface area contributed by atoms with Crippen molar-refractivity contribution in [2.45, 2.75) is 19.0 Å². The number of carbonyl (C=O) groups excluding carboxylic acids is 2. The molecule has 2 bridgehead atoms. The fourth-order valence-electron chi connectivity index (χ4n) is 4.39. The van der Waals surface area contributed by atoms with Crippen molar-refractivity contribution in [2.75, 3.05) is 18.4 Å². The molecule has 3 heterocycles. The van der Waals surface area contributed by atoms with Crippen LogP contribution >= 0.6 is 0 Å². The van der Waals surface area contributed by atoms with Gasteiger partial charge in [0, 0.05) is 18.2 Å². The lowest BCUT2D eigenvalue weighted by molar-refractivity contribution is -0.132. The van der Waals surface area contributed by atoms with E-state index < -0.39 is 0 Å². The van der Waals surface area contributed by atoms with E-state index in [9.17, 15) is 18.4 Å². The summed E-state index contributed by atoms with van der Waals surface area (Å²) in [7, 11) is 0. The van der Waals surface area contributed by atoms with Gasteiger partial charge in [-0.1, -0.05) is 6.08 Å². The maximum absolute atomic E-state index is 13.5. The third-order valence-electron chi connectivity index (χ3n) is 5.78. The van der Waals surface area contributed by atoms with Gasteiger partial charge in [0.25, 0.3) is 0 Å². The van der Waals surface area contributed by atoms with Crippen LogP contribution in [0, 0.1) is 17.6 Å². The summed E-state index contributed by atoms with van der Waals surface area (Å²) < 4.78 is 26.6. The van der Waals surface area contributed by atoms with Crippen molar-refractivity contribution in [2.24, 2.45) is 5.92 Å². The lowest BCUT2D eigenvalue weighted by atomic mass is 9.99. The number of urea groups is 1. The molecule has 1 N–H and O–H groups in total. The minimum Gasteiger partial charge on any atom is -0.334 e. The molecule has 148 valence electrons. The van der Waals surface area contributed by atoms with Crippen LogP contribution in [0.3, 0.4) is 0 Å². The molecule has 3 amide bonds. The molecule has 2 aliphatic heterocycles. The van der Waals surface area contributed by atoms with E-state index >= 15 is 0 Å². The standard InChI is InChI=1S/C21H18F2N4O2/c22-14-1-3-18-13(5-14)9-26(21(29)25-18)11-20(28)27-10-12-6-16(27)7-17(12)19-4-2-15(23)8-24-19/h1-5,7-8,12,16H,6,9-11H2,(H,25,29)/t12-,16-/m1/s1. The number of pyridine rings is 1. The second-order valence-electron chi connectivity index (χ2n) is 7.62. The Hall–Kier alpha value is -3.29. The van der Waals surface area contributed by atoms with E-state index in [-0.39, 0.29) is 48.6 Å². The summed E-state index contributed by atoms with van der Waals surface area (Å²) in [5.41, 5.74) is 2.99. The first-order valence-corrected chi connectivity index (χ1v) is 9.45. The number of hydrogen-bond donors (Lipinski definition) is 1. The average Bonchev–Trinajstić information content (AvgIpc) is 3.30. The van der Waals surface area contributed by atoms with Gasteiger partial charge in [0.05, 0.1) is 24.5 Å². The SMILES string of the molecule is O=C1Nc2ccc(F)cc2CN1CC(=O)N1C[C@H]2C[C@@H]1C=C2c1ccc(F)cn1. The Morgan fingerprint density at radius 1 is 1.21 bits per heavy atom. The zero-order valence-corrected chi connectivity index (χ0v) is 15.4. The first-order chi connectivity index (χ1) is 14.0. The lowest BCUT2D eigenvalue weighted by Crippen LogP contribution is -2.47. The van der Waals surface area contributed by atoms with Gasteiger partial charge < -0.3 is 15.1 Å². The van der Waals surface area contributed by atoms with E-state index in [0.717, 1.165) is 17.7 Å². The monoisotopic (exact) mass is 396 g/mol. The molecule has 2 atom stereocenters. The minimum atomic E-state index is -0.380. The third kappa shape index (κ3) is 3.14. The highest BCUT2D eigenvalue weighted by molar-refractivity contribution is 5.95. The minimum absolute atomic E-state index is 0.0491. The number of halogens is 2. The van der Waals surface area contributed by atoms with Crippen LogP contribution in [0.2, 0.25) is 0 Å². The van der Waals surface area contributed by atoms with Gasteiger partial charge in [-0.15, -0.1) is 0 Å². The molecule has 6 nitrogen and oxygen atoms in total. The van der Waals surface area contributed by atoms with E-state index in [2.05, 4.69) is 10.3 Å². The van der Waals surface area contributed by atoms with Gasteiger partial charge in [0.15, 0.2) is 0 Å². The molecular weight excluding hydrogens is 378 g/mol. The van der Waals surface area contributed by atoms with Crippen LogP contribution < -0.4 is 5.32 Å². The quantitative estimate of drug-likeness (QED) is 0.868. The van der Waals surface area contributed by atoms with Crippen LogP contribution in [0.5, 0.6) is 0 Å². The summed E-state index contributed by atoms with van der Waals surface area (Å²) in [4.78, 5) is 32.5. The second-order valence-corrected chi connectivity index (χ2v) is 7.62. The van der Waals surface area contributed by atoms with Gasteiger partial charge >= 0.3 is 6.03 Å². The molecule has 1 fully saturated rings. The molecule has 1 saturated heterocycles. The smallest absolute Gasteiger partial charge is 0.322 e. The van der Waals surface area contributed by atoms with Crippen LogP contribution in [0.1, 0.15) is 17.7 Å². The molecule has 0 spiro atoms. The maximum atomic E-state index is 13.5. The first-order valence-electron chi connectivity index (χ1n) is 9.45. The van der Waals surface area contributed by atoms with E-state index in [1.54, 1.807) is 11.0 Å². The van der Waals surface area contributed by atoms with Gasteiger partial charge in [-0.2, -0.15) is 0 Å². The molecule has 29 heavy (non-hydrogen) atoms. The van der Waals surface area contributed by atoms with Gasteiger partial charge in [-0.3, -0.25) is 9.78 Å². The normalized spacial score (nSPS) is 22.4. The number of nitrogens with one attached hydrogen (secondary N) is 1. The Bertz CT molecular complexity index is 1040. The van der Waals surface area contributed by atoms with Crippen molar-refractivity contribution >= 4 is 23.2 Å². The fourth-order valence-corrected chi connectivity index (χ4v) is 4.39. The van der Waals surface area contributed by atoms with Gasteiger partial charge in [0.1, 0.15) is 18.2 Å². The van der Waals surface area contributed by atoms with Crippen molar-refractivity contribution in [1.82, 2.24) is 14.8 Å². The Morgan fingerprint density at radius 3 is 2.76 bits per heavy atom. The molecule has 1 aromatic carbocycles. The van der Waals surface area contributed by atoms with E-state index in [1.807, 2.05) is 6.08 Å². The fraction of sp³-hybridized carbons (Fsp3) is 0.286. The van der Waals surface area contributed by atoms with Crippen LogP contribution in [0.25, 0.3) is 5.57 Å². The number of amides is 3. The lowest BCUT2D eigenvalue weighted by Gasteiger charge is -2.32. The van der Waals surface area contributed by atoms with Crippen molar-refractivity contribution < 1.29 is 18.4 Å². The molecular formula is C21H18F2N4O2. The van der Waals surface area contributed by atoms with Crippen molar-refractivity contribution in [3.05, 3.63) is 65.5 Å². The largest absolute Gasteiger partial charge is 0.334 e. The molecule has 3 aliphatic rings. The van der Waals surface area contributed by atoms with Crippen LogP contribution in [-0.4, -0.2) is 45.9 Å². The van der Waals surface area contributed by atoms with Gasteiger partial charge in [-0.05, 0) is 47.9 Å². The third-order valence-corrected chi connectivity index (χ3v) is 5.78. The zero-order valence-electron chi connectivity index (χ0n) is 15.4. The number of benzene rings is 1. The summed E-state index contributed by atoms with van der Waals surface area (Å²) in [6.07, 6.45) is 4.01. The predicted octanol–water partition coefficient (Wildman–Crippen LogP) is 3.02. The molecule has 0 radical (unpaired) electrons. The summed E-state index contributed by atoms with van der Waals surface area (Å²) >= 11 is 0.